The number of esters is 1. The summed E-state index contributed by atoms with van der Waals surface area (Å²) in [5.41, 5.74) is 0.679. The van der Waals surface area contributed by atoms with E-state index in [1.165, 1.54) is 13.4 Å². The number of alkyl halides is 1. The molecular weight excluding hydrogens is 555 g/mol. The summed E-state index contributed by atoms with van der Waals surface area (Å²) >= 11 is -0.654. The van der Waals surface area contributed by atoms with Crippen LogP contribution in [-0.4, -0.2) is 66.8 Å². The standard InChI is InChI=1S/C24H32IN2O7/c1-5-14-11-27-7-6-23-21-18(8-15(28)9-19(21)31-3)26-24(23,34-25-13-33-23)20(27)10-16(14)17(12-30-2)22(29)32-4/h8-9,12,14,16,20,26,28H,5-7,10-11,13H2,1-4H3/q-1/b17-12+/t14-,16+,20+,23+,24+/m1/s1. The van der Waals surface area contributed by atoms with Gasteiger partial charge in [-0.3, -0.25) is 0 Å². The number of piperidine rings is 2. The van der Waals surface area contributed by atoms with E-state index < -0.39 is 32.9 Å². The molecule has 34 heavy (non-hydrogen) atoms. The summed E-state index contributed by atoms with van der Waals surface area (Å²) in [7, 11) is 4.57. The molecule has 4 aliphatic rings. The summed E-state index contributed by atoms with van der Waals surface area (Å²) < 4.78 is 30.1. The van der Waals surface area contributed by atoms with Crippen LogP contribution in [0.4, 0.5) is 5.69 Å². The van der Waals surface area contributed by atoms with E-state index in [0.29, 0.717) is 22.4 Å². The van der Waals surface area contributed by atoms with Crippen LogP contribution in [0.5, 0.6) is 11.5 Å². The van der Waals surface area contributed by atoms with Gasteiger partial charge in [-0.05, 0) is 0 Å². The summed E-state index contributed by atoms with van der Waals surface area (Å²) in [4.78, 5) is 15.2. The van der Waals surface area contributed by atoms with Gasteiger partial charge in [-0.15, -0.1) is 0 Å². The van der Waals surface area contributed by atoms with Gasteiger partial charge in [0.25, 0.3) is 0 Å². The van der Waals surface area contributed by atoms with Crippen LogP contribution in [-0.2, 0) is 27.7 Å². The molecule has 0 spiro atoms. The van der Waals surface area contributed by atoms with E-state index in [1.54, 1.807) is 26.4 Å². The topological polar surface area (TPSA) is 98.7 Å². The molecule has 4 aliphatic heterocycles. The minimum absolute atomic E-state index is 0.0478. The number of fused-ring (bicyclic) bond motifs is 2. The molecule has 0 saturated carbocycles. The summed E-state index contributed by atoms with van der Waals surface area (Å²) in [5.74, 6) is 0.590. The van der Waals surface area contributed by atoms with Crippen molar-refractivity contribution in [2.45, 2.75) is 43.6 Å². The fourth-order valence-corrected chi connectivity index (χ4v) is 8.51. The third kappa shape index (κ3) is 3.32. The Morgan fingerprint density at radius 3 is 2.91 bits per heavy atom. The Kier molecular flexibility index (Phi) is 6.36. The van der Waals surface area contributed by atoms with Gasteiger partial charge in [0, 0.05) is 0 Å². The van der Waals surface area contributed by atoms with E-state index in [9.17, 15) is 9.90 Å². The molecule has 0 amide bonds. The molecule has 2 N–H and O–H groups in total. The second-order valence-corrected chi connectivity index (χ2v) is 11.0. The first-order valence-electron chi connectivity index (χ1n) is 11.6. The van der Waals surface area contributed by atoms with Gasteiger partial charge in [0.05, 0.1) is 0 Å². The fraction of sp³-hybridized carbons (Fsp3) is 0.625. The van der Waals surface area contributed by atoms with Gasteiger partial charge in [0.15, 0.2) is 0 Å². The number of phenols is 1. The number of carbonyl (C=O) groups is 1. The van der Waals surface area contributed by atoms with E-state index in [4.69, 9.17) is 22.0 Å². The Balaban J connectivity index is 1.61. The van der Waals surface area contributed by atoms with Crippen molar-refractivity contribution in [3.8, 4) is 11.5 Å². The first kappa shape index (κ1) is 24.0. The number of carbonyl (C=O) groups excluding carboxylic acids is 1. The van der Waals surface area contributed by atoms with Gasteiger partial charge in [-0.1, -0.05) is 0 Å². The van der Waals surface area contributed by atoms with Crippen LogP contribution >= 0.6 is 0 Å². The number of halogens is 1. The molecule has 0 radical (unpaired) electrons. The van der Waals surface area contributed by atoms with E-state index >= 15 is 0 Å². The molecule has 0 aromatic heterocycles. The molecule has 0 bridgehead atoms. The van der Waals surface area contributed by atoms with Crippen molar-refractivity contribution in [3.05, 3.63) is 29.5 Å². The van der Waals surface area contributed by atoms with Crippen LogP contribution in [0.2, 0.25) is 0 Å². The van der Waals surface area contributed by atoms with Gasteiger partial charge in [0.1, 0.15) is 0 Å². The Bertz CT molecular complexity index is 1000. The summed E-state index contributed by atoms with van der Waals surface area (Å²) in [6.45, 7) is 3.84. The van der Waals surface area contributed by atoms with Crippen LogP contribution < -0.4 is 31.7 Å². The molecule has 1 aromatic rings. The molecule has 5 atom stereocenters. The number of aromatic hydroxyl groups is 1. The number of nitrogens with zero attached hydrogens (tertiary/aromatic N) is 1. The summed E-state index contributed by atoms with van der Waals surface area (Å²) in [6.07, 6.45) is 3.90. The van der Waals surface area contributed by atoms with E-state index in [-0.39, 0.29) is 29.6 Å². The Morgan fingerprint density at radius 2 is 2.21 bits per heavy atom. The predicted molar refractivity (Wildman–Crippen MR) is 119 cm³/mol. The van der Waals surface area contributed by atoms with Crippen LogP contribution in [0, 0.1) is 11.8 Å². The van der Waals surface area contributed by atoms with Crippen molar-refractivity contribution in [1.82, 2.24) is 4.90 Å². The number of nitrogens with one attached hydrogen (secondary N) is 1. The zero-order chi connectivity index (χ0) is 24.1. The molecule has 188 valence electrons. The SMILES string of the molecule is CC[C@@H]1CN2CC[C@@]34OC[I-]O[C@@]3(Nc3cc(O)cc(OC)c34)[C@@H]2C[C@@H]1/C(=C\OC)C(=O)OC. The van der Waals surface area contributed by atoms with E-state index in [2.05, 4.69) is 17.1 Å². The molecule has 0 unspecified atom stereocenters. The van der Waals surface area contributed by atoms with Crippen LogP contribution in [0.1, 0.15) is 31.7 Å². The summed E-state index contributed by atoms with van der Waals surface area (Å²) in [5, 5.41) is 14.0. The molecule has 4 heterocycles. The van der Waals surface area contributed by atoms with Crippen molar-refractivity contribution < 1.29 is 53.5 Å². The molecule has 0 aliphatic carbocycles. The Labute approximate surface area is 210 Å². The van der Waals surface area contributed by atoms with Crippen molar-refractivity contribution in [2.75, 3.05) is 44.3 Å². The van der Waals surface area contributed by atoms with Crippen molar-refractivity contribution in [3.63, 3.8) is 0 Å². The van der Waals surface area contributed by atoms with Crippen LogP contribution in [0.25, 0.3) is 0 Å². The van der Waals surface area contributed by atoms with Gasteiger partial charge in [0.2, 0.25) is 0 Å². The minimum atomic E-state index is -0.828. The second-order valence-electron chi connectivity index (χ2n) is 9.27. The maximum absolute atomic E-state index is 12.7. The monoisotopic (exact) mass is 587 g/mol. The van der Waals surface area contributed by atoms with Gasteiger partial charge >= 0.3 is 211 Å². The number of rotatable bonds is 5. The fourth-order valence-electron chi connectivity index (χ4n) is 6.47. The van der Waals surface area contributed by atoms with Crippen molar-refractivity contribution >= 4 is 11.7 Å². The average molecular weight is 587 g/mol. The predicted octanol–water partition coefficient (Wildman–Crippen LogP) is -0.450. The zero-order valence-electron chi connectivity index (χ0n) is 19.9. The van der Waals surface area contributed by atoms with Gasteiger partial charge < -0.3 is 0 Å². The number of benzene rings is 1. The van der Waals surface area contributed by atoms with Crippen LogP contribution in [0.3, 0.4) is 0 Å². The first-order chi connectivity index (χ1) is 16.4. The molecular formula is C24H32IN2O7-. The van der Waals surface area contributed by atoms with Crippen LogP contribution in [0.15, 0.2) is 24.0 Å². The zero-order valence-corrected chi connectivity index (χ0v) is 22.1. The number of hydrogen-bond acceptors (Lipinski definition) is 9. The van der Waals surface area contributed by atoms with E-state index in [1.807, 2.05) is 0 Å². The normalized spacial score (nSPS) is 34.9. The number of hydrogen-bond donors (Lipinski definition) is 2. The van der Waals surface area contributed by atoms with E-state index in [0.717, 1.165) is 37.2 Å². The molecule has 5 rings (SSSR count). The van der Waals surface area contributed by atoms with Crippen molar-refractivity contribution in [2.24, 2.45) is 11.8 Å². The third-order valence-electron chi connectivity index (χ3n) is 7.92. The summed E-state index contributed by atoms with van der Waals surface area (Å²) in [6, 6.07) is 3.30. The van der Waals surface area contributed by atoms with Gasteiger partial charge in [-0.25, -0.2) is 0 Å². The Morgan fingerprint density at radius 1 is 1.38 bits per heavy atom. The second kappa shape index (κ2) is 9.03. The van der Waals surface area contributed by atoms with Crippen molar-refractivity contribution in [1.29, 1.82) is 0 Å². The molecule has 10 heteroatoms. The number of ether oxygens (including phenoxy) is 4. The average Bonchev–Trinajstić information content (AvgIpc) is 3.16. The first-order valence-corrected chi connectivity index (χ1v) is 14.0. The number of anilines is 1. The quantitative estimate of drug-likeness (QED) is 0.156. The third-order valence-corrected chi connectivity index (χ3v) is 9.49. The molecule has 9 nitrogen and oxygen atoms in total. The Hall–Kier alpha value is -1.76. The molecule has 3 fully saturated rings. The number of methoxy groups -OCH3 is 3. The molecule has 1 aromatic carbocycles. The van der Waals surface area contributed by atoms with Gasteiger partial charge in [-0.2, -0.15) is 0 Å². The molecule has 3 saturated heterocycles. The maximum atomic E-state index is 12.7. The number of phenolic OH excluding ortho intramolecular Hbond substituents is 1.